The van der Waals surface area contributed by atoms with Crippen molar-refractivity contribution in [2.75, 3.05) is 6.61 Å². The van der Waals surface area contributed by atoms with Gasteiger partial charge >= 0.3 is 19.5 Å². The Hall–Kier alpha value is -5.94. The molecule has 0 saturated carbocycles. The first-order valence-corrected chi connectivity index (χ1v) is 17.7. The normalized spacial score (nSPS) is 11.8. The molecule has 0 aliphatic carbocycles. The number of hydrogen-bond acceptors (Lipinski definition) is 3. The van der Waals surface area contributed by atoms with Crippen molar-refractivity contribution < 1.29 is 24.2 Å². The van der Waals surface area contributed by atoms with Crippen LogP contribution in [0.4, 0.5) is 0 Å². The summed E-state index contributed by atoms with van der Waals surface area (Å²) in [6.45, 7) is 3.28. The van der Waals surface area contributed by atoms with E-state index in [2.05, 4.69) is 156 Å². The number of rotatable bonds is 7. The summed E-state index contributed by atoms with van der Waals surface area (Å²) in [6.07, 6.45) is 8.55. The first kappa shape index (κ1) is 34.2. The molecule has 2 aliphatic heterocycles. The molecule has 2 N–H and O–H groups in total. The van der Waals surface area contributed by atoms with Crippen molar-refractivity contribution in [3.05, 3.63) is 168 Å². The summed E-state index contributed by atoms with van der Waals surface area (Å²) < 4.78 is 5.71. The molecule has 0 unspecified atom stereocenters. The van der Waals surface area contributed by atoms with Gasteiger partial charge in [-0.25, -0.2) is 9.97 Å². The van der Waals surface area contributed by atoms with Gasteiger partial charge in [-0.2, -0.15) is 0 Å². The summed E-state index contributed by atoms with van der Waals surface area (Å²) in [4.78, 5) is 18.4. The molecule has 0 saturated heterocycles. The van der Waals surface area contributed by atoms with Crippen LogP contribution in [0.15, 0.2) is 140 Å². The summed E-state index contributed by atoms with van der Waals surface area (Å²) in [5, 5.41) is 0. The van der Waals surface area contributed by atoms with Gasteiger partial charge < -0.3 is 14.7 Å². The van der Waals surface area contributed by atoms with Crippen molar-refractivity contribution in [3.8, 4) is 44.5 Å². The van der Waals surface area contributed by atoms with Gasteiger partial charge in [-0.3, -0.25) is 0 Å². The maximum absolute atomic E-state index is 5.71. The van der Waals surface area contributed by atoms with Gasteiger partial charge in [0.2, 0.25) is 0 Å². The second-order valence-electron chi connectivity index (χ2n) is 12.9. The predicted octanol–water partition coefficient (Wildman–Crippen LogP) is 11.9. The van der Waals surface area contributed by atoms with Crippen LogP contribution in [0.5, 0.6) is 0 Å². The molecule has 6 heteroatoms. The third kappa shape index (κ3) is 6.64. The molecule has 0 amide bonds. The van der Waals surface area contributed by atoms with Crippen LogP contribution in [0, 0.1) is 0 Å². The zero-order valence-corrected chi connectivity index (χ0v) is 32.5. The van der Waals surface area contributed by atoms with Gasteiger partial charge in [-0.15, -0.1) is 0 Å². The van der Waals surface area contributed by atoms with E-state index in [1.165, 1.54) is 0 Å². The fraction of sp³-hybridized carbons (Fsp3) is 0.0638. The van der Waals surface area contributed by atoms with Crippen LogP contribution < -0.4 is 0 Å². The van der Waals surface area contributed by atoms with E-state index in [-0.39, 0.29) is 19.5 Å². The van der Waals surface area contributed by atoms with Gasteiger partial charge in [0, 0.05) is 50.9 Å². The van der Waals surface area contributed by atoms with E-state index in [9.17, 15) is 0 Å². The summed E-state index contributed by atoms with van der Waals surface area (Å²) in [5.74, 6) is 0. The molecule has 4 aromatic carbocycles. The first-order valence-electron chi connectivity index (χ1n) is 17.7. The molecule has 0 radical (unpaired) electrons. The van der Waals surface area contributed by atoms with E-state index in [1.54, 1.807) is 0 Å². The Kier molecular flexibility index (Phi) is 9.65. The largest absolute Gasteiger partial charge is 2.00 e. The quantitative estimate of drug-likeness (QED) is 0.160. The fourth-order valence-electron chi connectivity index (χ4n) is 7.22. The summed E-state index contributed by atoms with van der Waals surface area (Å²) >= 11 is 0. The second-order valence-corrected chi connectivity index (χ2v) is 12.9. The van der Waals surface area contributed by atoms with E-state index in [0.29, 0.717) is 13.2 Å². The topological polar surface area (TPSA) is 66.6 Å². The predicted molar refractivity (Wildman–Crippen MR) is 216 cm³/mol. The smallest absolute Gasteiger partial charge is 0.377 e. The number of benzene rings is 4. The Labute approximate surface area is 321 Å². The van der Waals surface area contributed by atoms with E-state index in [0.717, 1.165) is 94.9 Å². The molecular formula is C47H36N4OZn+2. The molecule has 8 bridgehead atoms. The van der Waals surface area contributed by atoms with Crippen molar-refractivity contribution in [1.82, 2.24) is 19.9 Å². The maximum atomic E-state index is 5.71. The number of ether oxygens (including phenoxy) is 1. The fourth-order valence-corrected chi connectivity index (χ4v) is 7.22. The van der Waals surface area contributed by atoms with Gasteiger partial charge in [0.1, 0.15) is 0 Å². The van der Waals surface area contributed by atoms with Crippen molar-refractivity contribution in [3.63, 3.8) is 0 Å². The van der Waals surface area contributed by atoms with Crippen molar-refractivity contribution >= 4 is 46.4 Å². The molecule has 53 heavy (non-hydrogen) atoms. The molecule has 5 nitrogen and oxygen atoms in total. The number of nitrogens with one attached hydrogen (secondary N) is 2. The number of fused-ring (bicyclic) bond motifs is 8. The number of aromatic amines is 2. The summed E-state index contributed by atoms with van der Waals surface area (Å²) in [7, 11) is 0. The van der Waals surface area contributed by atoms with Gasteiger partial charge in [-0.1, -0.05) is 115 Å². The van der Waals surface area contributed by atoms with Crippen LogP contribution in [0.2, 0.25) is 0 Å². The zero-order chi connectivity index (χ0) is 34.9. The van der Waals surface area contributed by atoms with E-state index in [1.807, 2.05) is 25.1 Å². The molecule has 2 aliphatic rings. The van der Waals surface area contributed by atoms with E-state index >= 15 is 0 Å². The Morgan fingerprint density at radius 1 is 0.415 bits per heavy atom. The van der Waals surface area contributed by atoms with Crippen LogP contribution in [0.3, 0.4) is 0 Å². The van der Waals surface area contributed by atoms with Crippen LogP contribution in [0.25, 0.3) is 90.9 Å². The number of hydrogen-bond donors (Lipinski definition) is 2. The number of nitrogens with zero attached hydrogens (tertiary/aromatic N) is 2. The molecule has 0 atom stereocenters. The number of aromatic nitrogens is 4. The van der Waals surface area contributed by atoms with Gasteiger partial charge in [-0.05, 0) is 83.3 Å². The third-order valence-corrected chi connectivity index (χ3v) is 9.66. The van der Waals surface area contributed by atoms with Gasteiger partial charge in [0.15, 0.2) is 0 Å². The minimum absolute atomic E-state index is 0. The molecule has 0 spiro atoms. The Morgan fingerprint density at radius 3 is 1.06 bits per heavy atom. The van der Waals surface area contributed by atoms with Crippen LogP contribution in [-0.2, 0) is 30.8 Å². The Balaban J connectivity index is 0.00000400. The third-order valence-electron chi connectivity index (χ3n) is 9.66. The average Bonchev–Trinajstić information content (AvgIpc) is 4.04. The van der Waals surface area contributed by atoms with E-state index in [4.69, 9.17) is 14.7 Å². The molecule has 3 aromatic heterocycles. The first-order chi connectivity index (χ1) is 25.7. The monoisotopic (exact) mass is 736 g/mol. The second kappa shape index (κ2) is 15.0. The SMILES string of the molecule is CCOCc1ccc(-c2c3nc(c(-c4ccccc4)c4ccc([nH]4)c(-c4ccccc4)c4nc(c(-c5ccccc5)c5ccc2[nH]5)C=C4)C=C3)cc1.[Zn+2]. The Bertz CT molecular complexity index is 2600. The average molecular weight is 738 g/mol. The van der Waals surface area contributed by atoms with Crippen molar-refractivity contribution in [2.45, 2.75) is 13.5 Å². The van der Waals surface area contributed by atoms with Crippen LogP contribution >= 0.6 is 0 Å². The van der Waals surface area contributed by atoms with Gasteiger partial charge in [0.05, 0.1) is 29.4 Å². The van der Waals surface area contributed by atoms with Gasteiger partial charge in [0.25, 0.3) is 0 Å². The molecule has 0 fully saturated rings. The van der Waals surface area contributed by atoms with E-state index < -0.39 is 0 Å². The molecule has 5 heterocycles. The molecule has 7 aromatic rings. The van der Waals surface area contributed by atoms with Crippen LogP contribution in [-0.4, -0.2) is 26.5 Å². The zero-order valence-electron chi connectivity index (χ0n) is 29.5. The molecular weight excluding hydrogens is 702 g/mol. The minimum Gasteiger partial charge on any atom is -0.377 e. The van der Waals surface area contributed by atoms with Crippen molar-refractivity contribution in [2.24, 2.45) is 0 Å². The standard InChI is InChI=1S/C47H36N4O.Zn/c1-2-52-30-31-18-20-35(21-19-31)47-42-28-26-40(50-42)45(33-14-8-4-9-15-33)38-24-22-36(48-38)44(32-12-6-3-7-13-32)37-23-25-39(49-37)46(34-16-10-5-11-17-34)41-27-29-43(47)51-41;/h3-29,48,51H,2,30H2,1H3;/q;+2. The minimum atomic E-state index is 0. The summed E-state index contributed by atoms with van der Waals surface area (Å²) in [6, 6.07) is 48.8. The summed E-state index contributed by atoms with van der Waals surface area (Å²) in [5.41, 5.74) is 17.1. The molecule has 250 valence electrons. The number of H-pyrrole nitrogens is 2. The maximum Gasteiger partial charge on any atom is 2.00 e. The molecule has 9 rings (SSSR count). The van der Waals surface area contributed by atoms with Crippen molar-refractivity contribution in [1.29, 1.82) is 0 Å². The Morgan fingerprint density at radius 2 is 0.736 bits per heavy atom. The van der Waals surface area contributed by atoms with Crippen LogP contribution in [0.1, 0.15) is 35.3 Å².